The second-order valence-electron chi connectivity index (χ2n) is 4.87. The first-order valence-corrected chi connectivity index (χ1v) is 6.59. The summed E-state index contributed by atoms with van der Waals surface area (Å²) in [5, 5.41) is 14.6. The summed E-state index contributed by atoms with van der Waals surface area (Å²) < 4.78 is 10.3. The number of aryl methyl sites for hydroxylation is 1. The molecular weight excluding hydrogens is 290 g/mol. The lowest BCUT2D eigenvalue weighted by Crippen LogP contribution is -2.19. The van der Waals surface area contributed by atoms with Crippen molar-refractivity contribution in [1.82, 2.24) is 15.1 Å². The summed E-state index contributed by atoms with van der Waals surface area (Å²) >= 11 is 0. The highest BCUT2D eigenvalue weighted by molar-refractivity contribution is 5.49. The standard InChI is InChI=1S/C13H17N5O4/c1-8-5-10(18(19)20)6-14-13(8)17(3)7-11-15-12(16-22-11)9(2)21-4/h5-6,9H,7H2,1-4H3. The lowest BCUT2D eigenvalue weighted by atomic mass is 10.2. The van der Waals surface area contributed by atoms with Gasteiger partial charge in [0, 0.05) is 20.2 Å². The monoisotopic (exact) mass is 307 g/mol. The zero-order valence-corrected chi connectivity index (χ0v) is 12.8. The highest BCUT2D eigenvalue weighted by Crippen LogP contribution is 2.22. The van der Waals surface area contributed by atoms with E-state index in [9.17, 15) is 10.1 Å². The molecule has 9 heteroatoms. The lowest BCUT2D eigenvalue weighted by molar-refractivity contribution is -0.385. The Labute approximate surface area is 127 Å². The quantitative estimate of drug-likeness (QED) is 0.589. The third-order valence-corrected chi connectivity index (χ3v) is 3.18. The first kappa shape index (κ1) is 15.8. The Hall–Kier alpha value is -2.55. The number of rotatable bonds is 6. The van der Waals surface area contributed by atoms with Gasteiger partial charge in [-0.15, -0.1) is 0 Å². The van der Waals surface area contributed by atoms with Crippen molar-refractivity contribution in [2.45, 2.75) is 26.5 Å². The molecule has 0 saturated carbocycles. The molecule has 0 spiro atoms. The molecule has 2 heterocycles. The predicted octanol–water partition coefficient (Wildman–Crippen LogP) is 2.03. The van der Waals surface area contributed by atoms with Crippen molar-refractivity contribution < 1.29 is 14.2 Å². The van der Waals surface area contributed by atoms with Gasteiger partial charge < -0.3 is 14.2 Å². The van der Waals surface area contributed by atoms with E-state index in [4.69, 9.17) is 9.26 Å². The molecule has 0 aromatic carbocycles. The Morgan fingerprint density at radius 1 is 1.55 bits per heavy atom. The molecule has 0 fully saturated rings. The molecule has 2 rings (SSSR count). The molecule has 2 aromatic rings. The number of nitrogens with zero attached hydrogens (tertiary/aromatic N) is 5. The largest absolute Gasteiger partial charge is 0.374 e. The molecule has 1 unspecified atom stereocenters. The molecular formula is C13H17N5O4. The molecule has 9 nitrogen and oxygen atoms in total. The third kappa shape index (κ3) is 3.37. The molecule has 1 atom stereocenters. The van der Waals surface area contributed by atoms with Gasteiger partial charge in [0.25, 0.3) is 5.69 Å². The van der Waals surface area contributed by atoms with E-state index in [0.717, 1.165) is 0 Å². The summed E-state index contributed by atoms with van der Waals surface area (Å²) in [6.07, 6.45) is 0.979. The Kier molecular flexibility index (Phi) is 4.66. The summed E-state index contributed by atoms with van der Waals surface area (Å²) in [4.78, 5) is 20.4. The summed E-state index contributed by atoms with van der Waals surface area (Å²) in [6.45, 7) is 3.92. The number of hydrogen-bond donors (Lipinski definition) is 0. The van der Waals surface area contributed by atoms with Gasteiger partial charge in [-0.3, -0.25) is 10.1 Å². The van der Waals surface area contributed by atoms with Crippen LogP contribution in [0.2, 0.25) is 0 Å². The van der Waals surface area contributed by atoms with E-state index in [0.29, 0.717) is 29.6 Å². The van der Waals surface area contributed by atoms with Crippen molar-refractivity contribution in [3.63, 3.8) is 0 Å². The van der Waals surface area contributed by atoms with E-state index >= 15 is 0 Å². The molecule has 0 amide bonds. The number of ether oxygens (including phenoxy) is 1. The van der Waals surface area contributed by atoms with Crippen molar-refractivity contribution in [3.8, 4) is 0 Å². The molecule has 118 valence electrons. The van der Waals surface area contributed by atoms with Crippen LogP contribution < -0.4 is 4.90 Å². The van der Waals surface area contributed by atoms with Crippen LogP contribution in [0.1, 0.15) is 30.3 Å². The van der Waals surface area contributed by atoms with Crippen LogP contribution in [0.3, 0.4) is 0 Å². The van der Waals surface area contributed by atoms with Gasteiger partial charge >= 0.3 is 0 Å². The predicted molar refractivity (Wildman–Crippen MR) is 77.5 cm³/mol. The maximum atomic E-state index is 10.7. The minimum atomic E-state index is -0.472. The minimum absolute atomic E-state index is 0.0383. The average molecular weight is 307 g/mol. The fourth-order valence-electron chi connectivity index (χ4n) is 1.93. The number of anilines is 1. The Morgan fingerprint density at radius 2 is 2.27 bits per heavy atom. The molecule has 22 heavy (non-hydrogen) atoms. The van der Waals surface area contributed by atoms with Crippen LogP contribution in [0, 0.1) is 17.0 Å². The Morgan fingerprint density at radius 3 is 2.86 bits per heavy atom. The normalized spacial score (nSPS) is 12.2. The van der Waals surface area contributed by atoms with Crippen LogP contribution in [0.5, 0.6) is 0 Å². The topological polar surface area (TPSA) is 107 Å². The van der Waals surface area contributed by atoms with Gasteiger partial charge in [-0.25, -0.2) is 4.98 Å². The minimum Gasteiger partial charge on any atom is -0.374 e. The van der Waals surface area contributed by atoms with Crippen LogP contribution >= 0.6 is 0 Å². The molecule has 0 N–H and O–H groups in total. The van der Waals surface area contributed by atoms with E-state index in [1.54, 1.807) is 26.0 Å². The van der Waals surface area contributed by atoms with Crippen molar-refractivity contribution in [1.29, 1.82) is 0 Å². The average Bonchev–Trinajstić information content (AvgIpc) is 2.94. The first-order chi connectivity index (χ1) is 10.4. The number of hydrogen-bond acceptors (Lipinski definition) is 8. The van der Waals surface area contributed by atoms with Crippen molar-refractivity contribution in [2.75, 3.05) is 19.1 Å². The van der Waals surface area contributed by atoms with E-state index in [1.165, 1.54) is 12.3 Å². The van der Waals surface area contributed by atoms with Gasteiger partial charge in [0.05, 0.1) is 11.5 Å². The molecule has 0 aliphatic rings. The summed E-state index contributed by atoms with van der Waals surface area (Å²) in [7, 11) is 3.36. The van der Waals surface area contributed by atoms with Gasteiger partial charge in [-0.2, -0.15) is 4.98 Å². The van der Waals surface area contributed by atoms with Crippen LogP contribution in [0.25, 0.3) is 0 Å². The maximum Gasteiger partial charge on any atom is 0.287 e. The molecule has 0 aliphatic carbocycles. The van der Waals surface area contributed by atoms with E-state index < -0.39 is 4.92 Å². The van der Waals surface area contributed by atoms with Gasteiger partial charge in [0.15, 0.2) is 5.82 Å². The van der Waals surface area contributed by atoms with E-state index in [1.807, 2.05) is 6.92 Å². The Bertz CT molecular complexity index is 672. The Balaban J connectivity index is 2.13. The fourth-order valence-corrected chi connectivity index (χ4v) is 1.93. The van der Waals surface area contributed by atoms with Gasteiger partial charge in [-0.05, 0) is 19.4 Å². The smallest absolute Gasteiger partial charge is 0.287 e. The molecule has 0 radical (unpaired) electrons. The molecule has 0 bridgehead atoms. The molecule has 0 saturated heterocycles. The second-order valence-corrected chi connectivity index (χ2v) is 4.87. The molecule has 0 aliphatic heterocycles. The summed E-state index contributed by atoms with van der Waals surface area (Å²) in [5.74, 6) is 1.50. The summed E-state index contributed by atoms with van der Waals surface area (Å²) in [6, 6.07) is 1.48. The van der Waals surface area contributed by atoms with Gasteiger partial charge in [-0.1, -0.05) is 5.16 Å². The highest BCUT2D eigenvalue weighted by atomic mass is 16.6. The van der Waals surface area contributed by atoms with Crippen LogP contribution in [-0.4, -0.2) is 34.2 Å². The van der Waals surface area contributed by atoms with Crippen LogP contribution in [0.15, 0.2) is 16.8 Å². The highest BCUT2D eigenvalue weighted by Gasteiger charge is 2.17. The third-order valence-electron chi connectivity index (χ3n) is 3.18. The van der Waals surface area contributed by atoms with E-state index in [2.05, 4.69) is 15.1 Å². The van der Waals surface area contributed by atoms with Gasteiger partial charge in [0.1, 0.15) is 18.1 Å². The van der Waals surface area contributed by atoms with Crippen molar-refractivity contribution in [2.24, 2.45) is 0 Å². The molecule has 2 aromatic heterocycles. The lowest BCUT2D eigenvalue weighted by Gasteiger charge is -2.17. The number of aromatic nitrogens is 3. The van der Waals surface area contributed by atoms with Crippen molar-refractivity contribution >= 4 is 11.5 Å². The van der Waals surface area contributed by atoms with Crippen LogP contribution in [0.4, 0.5) is 11.5 Å². The zero-order chi connectivity index (χ0) is 16.3. The maximum absolute atomic E-state index is 10.7. The zero-order valence-electron chi connectivity index (χ0n) is 12.8. The van der Waals surface area contributed by atoms with Gasteiger partial charge in [0.2, 0.25) is 5.89 Å². The van der Waals surface area contributed by atoms with Crippen LogP contribution in [-0.2, 0) is 11.3 Å². The number of pyridine rings is 1. The first-order valence-electron chi connectivity index (χ1n) is 6.59. The summed E-state index contributed by atoms with van der Waals surface area (Å²) in [5.41, 5.74) is 0.658. The van der Waals surface area contributed by atoms with Crippen molar-refractivity contribution in [3.05, 3.63) is 39.7 Å². The fraction of sp³-hybridized carbons (Fsp3) is 0.462. The second kappa shape index (κ2) is 6.48. The SMILES string of the molecule is COC(C)c1noc(CN(C)c2ncc([N+](=O)[O-])cc2C)n1. The number of nitro groups is 1. The number of methoxy groups -OCH3 is 1. The van der Waals surface area contributed by atoms with E-state index in [-0.39, 0.29) is 11.8 Å².